The predicted octanol–water partition coefficient (Wildman–Crippen LogP) is 3.44. The lowest BCUT2D eigenvalue weighted by Crippen LogP contribution is -2.59. The molecular weight excluding hydrogens is 397 g/mol. The van der Waals surface area contributed by atoms with Crippen LogP contribution in [0, 0.1) is 29.5 Å². The third-order valence-corrected chi connectivity index (χ3v) is 9.79. The third-order valence-electron chi connectivity index (χ3n) is 7.88. The number of halogens is 1. The Morgan fingerprint density at radius 1 is 0.897 bits per heavy atom. The Hall–Kier alpha value is -1.06. The normalized spacial score (nSPS) is 40.9. The van der Waals surface area contributed by atoms with Crippen LogP contribution in [0.15, 0.2) is 29.2 Å². The van der Waals surface area contributed by atoms with E-state index in [-0.39, 0.29) is 4.90 Å². The second-order valence-corrected chi connectivity index (χ2v) is 11.5. The molecule has 4 bridgehead atoms. The van der Waals surface area contributed by atoms with Crippen LogP contribution in [0.5, 0.6) is 0 Å². The van der Waals surface area contributed by atoms with E-state index in [4.69, 9.17) is 14.5 Å². The molecule has 2 heterocycles. The fourth-order valence-corrected chi connectivity index (χ4v) is 8.06. The zero-order chi connectivity index (χ0) is 19.9. The van der Waals surface area contributed by atoms with Crippen molar-refractivity contribution in [3.63, 3.8) is 0 Å². The average Bonchev–Trinajstić information content (AvgIpc) is 3.06. The molecule has 0 amide bonds. The van der Waals surface area contributed by atoms with Crippen LogP contribution in [0.1, 0.15) is 44.9 Å². The Bertz CT molecular complexity index is 882. The molecule has 29 heavy (non-hydrogen) atoms. The van der Waals surface area contributed by atoms with Gasteiger partial charge in [0, 0.05) is 37.8 Å². The lowest BCUT2D eigenvalue weighted by Gasteiger charge is -2.57. The van der Waals surface area contributed by atoms with E-state index in [1.165, 1.54) is 35.0 Å². The van der Waals surface area contributed by atoms with Gasteiger partial charge in [-0.2, -0.15) is 14.1 Å². The smallest absolute Gasteiger partial charge is 0.243 e. The van der Waals surface area contributed by atoms with Crippen molar-refractivity contribution in [1.29, 1.82) is 0 Å². The molecule has 4 saturated carbocycles. The molecule has 6 aliphatic rings. The Morgan fingerprint density at radius 2 is 1.48 bits per heavy atom. The zero-order valence-corrected chi connectivity index (χ0v) is 17.1. The minimum absolute atomic E-state index is 0.108. The summed E-state index contributed by atoms with van der Waals surface area (Å²) in [6.07, 6.45) is 6.82. The number of hydrogen-bond acceptors (Lipinski definition) is 5. The van der Waals surface area contributed by atoms with Crippen molar-refractivity contribution < 1.29 is 27.3 Å². The van der Waals surface area contributed by atoms with Crippen molar-refractivity contribution >= 4 is 10.0 Å². The largest absolute Gasteiger partial charge is 0.312 e. The SMILES string of the molecule is O=S(=O)(c1ccc(F)cc1)N1CCC2(CC1)OOC1(O2)C2CC3CC(C2)CC1C3. The third kappa shape index (κ3) is 2.76. The quantitative estimate of drug-likeness (QED) is 0.682. The van der Waals surface area contributed by atoms with E-state index in [2.05, 4.69) is 0 Å². The van der Waals surface area contributed by atoms with Crippen molar-refractivity contribution in [2.45, 2.75) is 61.4 Å². The molecule has 8 heteroatoms. The maximum atomic E-state index is 13.2. The Balaban J connectivity index is 1.18. The summed E-state index contributed by atoms with van der Waals surface area (Å²) in [5.74, 6) is 0.435. The van der Waals surface area contributed by atoms with E-state index in [1.54, 1.807) is 0 Å². The van der Waals surface area contributed by atoms with Gasteiger partial charge in [0.15, 0.2) is 0 Å². The van der Waals surface area contributed by atoms with Crippen LogP contribution in [0.25, 0.3) is 0 Å². The van der Waals surface area contributed by atoms with Crippen molar-refractivity contribution in [3.8, 4) is 0 Å². The van der Waals surface area contributed by atoms with Crippen LogP contribution in [0.4, 0.5) is 4.39 Å². The maximum absolute atomic E-state index is 13.2. The zero-order valence-electron chi connectivity index (χ0n) is 16.3. The summed E-state index contributed by atoms with van der Waals surface area (Å²) in [4.78, 5) is 12.0. The van der Waals surface area contributed by atoms with Gasteiger partial charge in [0.25, 0.3) is 0 Å². The van der Waals surface area contributed by atoms with E-state index in [0.29, 0.717) is 37.8 Å². The van der Waals surface area contributed by atoms with Gasteiger partial charge in [0.1, 0.15) is 5.82 Å². The highest BCUT2D eigenvalue weighted by atomic mass is 32.2. The first-order valence-electron chi connectivity index (χ1n) is 10.7. The van der Waals surface area contributed by atoms with Crippen LogP contribution >= 0.6 is 0 Å². The minimum atomic E-state index is -3.66. The molecule has 2 saturated heterocycles. The van der Waals surface area contributed by atoms with Crippen molar-refractivity contribution in [2.75, 3.05) is 13.1 Å². The maximum Gasteiger partial charge on any atom is 0.243 e. The molecule has 2 aliphatic heterocycles. The lowest BCUT2D eigenvalue weighted by molar-refractivity contribution is -0.390. The highest BCUT2D eigenvalue weighted by Crippen LogP contribution is 2.63. The number of ether oxygens (including phenoxy) is 1. The summed E-state index contributed by atoms with van der Waals surface area (Å²) in [6, 6.07) is 4.96. The monoisotopic (exact) mass is 423 g/mol. The number of sulfonamides is 1. The molecule has 2 spiro atoms. The van der Waals surface area contributed by atoms with E-state index in [0.717, 1.165) is 37.5 Å². The lowest BCUT2D eigenvalue weighted by atomic mass is 9.53. The molecule has 0 unspecified atom stereocenters. The van der Waals surface area contributed by atoms with Crippen LogP contribution in [-0.4, -0.2) is 37.4 Å². The Labute approximate surface area is 170 Å². The summed E-state index contributed by atoms with van der Waals surface area (Å²) < 4.78 is 47.0. The number of hydrogen-bond donors (Lipinski definition) is 0. The first-order valence-corrected chi connectivity index (χ1v) is 12.2. The van der Waals surface area contributed by atoms with Crippen LogP contribution in [-0.2, 0) is 24.5 Å². The number of nitrogens with zero attached hydrogens (tertiary/aromatic N) is 1. The van der Waals surface area contributed by atoms with E-state index >= 15 is 0 Å². The standard InChI is InChI=1S/C21H26FNO5S/c22-18-1-3-19(4-2-18)29(24,25)23-7-5-20(6-8-23)26-21(28-27-20)16-10-14-9-15(12-16)13-17(21)11-14/h1-4,14-17H,5-13H2. The number of piperidine rings is 1. The first kappa shape index (κ1) is 18.7. The van der Waals surface area contributed by atoms with Crippen LogP contribution in [0.3, 0.4) is 0 Å². The van der Waals surface area contributed by atoms with Crippen molar-refractivity contribution in [1.82, 2.24) is 4.31 Å². The molecule has 0 atom stereocenters. The molecule has 6 nitrogen and oxygen atoms in total. The minimum Gasteiger partial charge on any atom is -0.312 e. The van der Waals surface area contributed by atoms with Crippen LogP contribution in [0.2, 0.25) is 0 Å². The average molecular weight is 424 g/mol. The van der Waals surface area contributed by atoms with Gasteiger partial charge in [-0.25, -0.2) is 12.8 Å². The number of rotatable bonds is 2. The fourth-order valence-electron chi connectivity index (χ4n) is 6.62. The Kier molecular flexibility index (Phi) is 4.02. The summed E-state index contributed by atoms with van der Waals surface area (Å²) >= 11 is 0. The second-order valence-electron chi connectivity index (χ2n) is 9.56. The van der Waals surface area contributed by atoms with Crippen LogP contribution < -0.4 is 0 Å². The first-order chi connectivity index (χ1) is 13.9. The predicted molar refractivity (Wildman–Crippen MR) is 100 cm³/mol. The summed E-state index contributed by atoms with van der Waals surface area (Å²) in [5, 5.41) is 0. The molecule has 7 rings (SSSR count). The van der Waals surface area contributed by atoms with Gasteiger partial charge < -0.3 is 4.74 Å². The molecule has 4 aliphatic carbocycles. The summed E-state index contributed by atoms with van der Waals surface area (Å²) in [6.45, 7) is 0.583. The van der Waals surface area contributed by atoms with Gasteiger partial charge in [-0.3, -0.25) is 0 Å². The molecule has 0 aromatic heterocycles. The van der Waals surface area contributed by atoms with E-state index in [1.807, 2.05) is 0 Å². The molecule has 0 N–H and O–H groups in total. The van der Waals surface area contributed by atoms with Crippen molar-refractivity contribution in [2.24, 2.45) is 23.7 Å². The molecular formula is C21H26FNO5S. The van der Waals surface area contributed by atoms with Gasteiger partial charge in [-0.15, -0.1) is 0 Å². The van der Waals surface area contributed by atoms with Gasteiger partial charge in [0.2, 0.25) is 21.6 Å². The second kappa shape index (κ2) is 6.23. The topological polar surface area (TPSA) is 65.1 Å². The molecule has 158 valence electrons. The fraction of sp³-hybridized carbons (Fsp3) is 0.714. The summed E-state index contributed by atoms with van der Waals surface area (Å²) in [5.41, 5.74) is 0. The molecule has 1 aromatic carbocycles. The van der Waals surface area contributed by atoms with Gasteiger partial charge in [-0.05, 0) is 68.2 Å². The van der Waals surface area contributed by atoms with E-state index in [9.17, 15) is 12.8 Å². The number of benzene rings is 1. The Morgan fingerprint density at radius 3 is 2.07 bits per heavy atom. The highest BCUT2D eigenvalue weighted by Gasteiger charge is 2.67. The highest BCUT2D eigenvalue weighted by molar-refractivity contribution is 7.89. The van der Waals surface area contributed by atoms with Gasteiger partial charge >= 0.3 is 0 Å². The molecule has 6 fully saturated rings. The van der Waals surface area contributed by atoms with E-state index < -0.39 is 27.4 Å². The van der Waals surface area contributed by atoms with Gasteiger partial charge in [-0.1, -0.05) is 0 Å². The molecule has 0 radical (unpaired) electrons. The van der Waals surface area contributed by atoms with Crippen molar-refractivity contribution in [3.05, 3.63) is 30.1 Å². The van der Waals surface area contributed by atoms with Gasteiger partial charge in [0.05, 0.1) is 4.90 Å². The summed E-state index contributed by atoms with van der Waals surface area (Å²) in [7, 11) is -3.66. The molecule has 1 aromatic rings.